The normalized spacial score (nSPS) is 15.5. The molecule has 1 aliphatic carbocycles. The molecule has 2 aromatic heterocycles. The predicted molar refractivity (Wildman–Crippen MR) is 121 cm³/mol. The lowest BCUT2D eigenvalue weighted by molar-refractivity contribution is 0.101. The van der Waals surface area contributed by atoms with Crippen molar-refractivity contribution in [3.8, 4) is 0 Å². The van der Waals surface area contributed by atoms with Gasteiger partial charge in [0.2, 0.25) is 0 Å². The van der Waals surface area contributed by atoms with Crippen LogP contribution in [0.5, 0.6) is 0 Å². The Morgan fingerprint density at radius 2 is 2.00 bits per heavy atom. The standard InChI is InChI=1S/C21H20Cl2N4O2S/c1-11-3-5-13-17(9-11)30-21(26-19(28)16-7-8-24-27(16)2)18(13)20(29)25-15-10-12(22)4-6-14(15)23/h4,6-8,10-11H,3,5,9H2,1-2H3,(H,25,29)(H,26,28)/t11-/m1/s1. The monoisotopic (exact) mass is 462 g/mol. The van der Waals surface area contributed by atoms with Gasteiger partial charge >= 0.3 is 0 Å². The maximum absolute atomic E-state index is 13.3. The summed E-state index contributed by atoms with van der Waals surface area (Å²) in [5, 5.41) is 11.2. The van der Waals surface area contributed by atoms with E-state index >= 15 is 0 Å². The van der Waals surface area contributed by atoms with Gasteiger partial charge in [-0.15, -0.1) is 11.3 Å². The highest BCUT2D eigenvalue weighted by atomic mass is 35.5. The van der Waals surface area contributed by atoms with Gasteiger partial charge in [-0.25, -0.2) is 0 Å². The summed E-state index contributed by atoms with van der Waals surface area (Å²) in [5.74, 6) is -0.0851. The van der Waals surface area contributed by atoms with Crippen LogP contribution in [0.2, 0.25) is 10.0 Å². The molecule has 4 rings (SSSR count). The smallest absolute Gasteiger partial charge is 0.274 e. The summed E-state index contributed by atoms with van der Waals surface area (Å²) >= 11 is 13.7. The fraction of sp³-hybridized carbons (Fsp3) is 0.286. The molecule has 0 aliphatic heterocycles. The van der Waals surface area contributed by atoms with Crippen molar-refractivity contribution >= 4 is 57.0 Å². The molecule has 0 spiro atoms. The lowest BCUT2D eigenvalue weighted by Crippen LogP contribution is -2.20. The van der Waals surface area contributed by atoms with E-state index in [1.807, 2.05) is 0 Å². The summed E-state index contributed by atoms with van der Waals surface area (Å²) in [6.07, 6.45) is 4.24. The molecule has 30 heavy (non-hydrogen) atoms. The van der Waals surface area contributed by atoms with Crippen LogP contribution in [0.4, 0.5) is 10.7 Å². The van der Waals surface area contributed by atoms with Gasteiger partial charge in [0.1, 0.15) is 10.7 Å². The summed E-state index contributed by atoms with van der Waals surface area (Å²) < 4.78 is 1.50. The number of fused-ring (bicyclic) bond motifs is 1. The third-order valence-corrected chi connectivity index (χ3v) is 6.93. The number of nitrogens with one attached hydrogen (secondary N) is 2. The SMILES string of the molecule is C[C@@H]1CCc2c(sc(NC(=O)c3ccnn3C)c2C(=O)Nc2cc(Cl)ccc2Cl)C1. The van der Waals surface area contributed by atoms with Crippen molar-refractivity contribution in [1.29, 1.82) is 0 Å². The van der Waals surface area contributed by atoms with Gasteiger partial charge in [0.25, 0.3) is 11.8 Å². The van der Waals surface area contributed by atoms with E-state index in [0.717, 1.165) is 29.7 Å². The number of aryl methyl sites for hydroxylation is 1. The molecule has 2 N–H and O–H groups in total. The van der Waals surface area contributed by atoms with Crippen molar-refractivity contribution in [2.45, 2.75) is 26.2 Å². The summed E-state index contributed by atoms with van der Waals surface area (Å²) in [4.78, 5) is 27.2. The third kappa shape index (κ3) is 4.10. The Morgan fingerprint density at radius 3 is 2.73 bits per heavy atom. The van der Waals surface area contributed by atoms with Gasteiger partial charge in [0.05, 0.1) is 16.3 Å². The van der Waals surface area contributed by atoms with Crippen molar-refractivity contribution in [2.75, 3.05) is 10.6 Å². The first-order chi connectivity index (χ1) is 14.3. The van der Waals surface area contributed by atoms with Crippen LogP contribution in [0.15, 0.2) is 30.5 Å². The van der Waals surface area contributed by atoms with Crippen LogP contribution in [0, 0.1) is 5.92 Å². The van der Waals surface area contributed by atoms with Crippen molar-refractivity contribution in [3.05, 3.63) is 62.2 Å². The van der Waals surface area contributed by atoms with Gasteiger partial charge in [-0.2, -0.15) is 5.10 Å². The van der Waals surface area contributed by atoms with E-state index < -0.39 is 0 Å². The van der Waals surface area contributed by atoms with Crippen LogP contribution in [0.25, 0.3) is 0 Å². The lowest BCUT2D eigenvalue weighted by Gasteiger charge is -2.19. The number of carbonyl (C=O) groups excluding carboxylic acids is 2. The highest BCUT2D eigenvalue weighted by molar-refractivity contribution is 7.17. The van der Waals surface area contributed by atoms with Gasteiger partial charge in [0, 0.05) is 23.1 Å². The maximum atomic E-state index is 13.3. The zero-order valence-electron chi connectivity index (χ0n) is 16.5. The van der Waals surface area contributed by atoms with E-state index in [1.54, 1.807) is 37.5 Å². The highest BCUT2D eigenvalue weighted by Crippen LogP contribution is 2.40. The molecule has 1 aliphatic rings. The Balaban J connectivity index is 1.70. The van der Waals surface area contributed by atoms with E-state index in [9.17, 15) is 9.59 Å². The second-order valence-electron chi connectivity index (χ2n) is 7.43. The van der Waals surface area contributed by atoms with Crippen LogP contribution in [-0.2, 0) is 19.9 Å². The van der Waals surface area contributed by atoms with Crippen molar-refractivity contribution in [1.82, 2.24) is 9.78 Å². The molecular weight excluding hydrogens is 443 g/mol. The van der Waals surface area contributed by atoms with E-state index in [-0.39, 0.29) is 11.8 Å². The molecular formula is C21H20Cl2N4O2S. The molecule has 0 fully saturated rings. The Kier molecular flexibility index (Phi) is 5.86. The number of anilines is 2. The number of benzene rings is 1. The summed E-state index contributed by atoms with van der Waals surface area (Å²) in [7, 11) is 1.70. The Morgan fingerprint density at radius 1 is 1.20 bits per heavy atom. The average Bonchev–Trinajstić information content (AvgIpc) is 3.27. The first-order valence-corrected chi connectivity index (χ1v) is 11.1. The minimum Gasteiger partial charge on any atom is -0.320 e. The number of hydrogen-bond acceptors (Lipinski definition) is 4. The van der Waals surface area contributed by atoms with Crippen molar-refractivity contribution in [2.24, 2.45) is 13.0 Å². The number of aromatic nitrogens is 2. The lowest BCUT2D eigenvalue weighted by atomic mass is 9.88. The van der Waals surface area contributed by atoms with Crippen LogP contribution < -0.4 is 10.6 Å². The first kappa shape index (κ1) is 20.9. The topological polar surface area (TPSA) is 76.0 Å². The molecule has 6 nitrogen and oxygen atoms in total. The summed E-state index contributed by atoms with van der Waals surface area (Å²) in [6, 6.07) is 6.54. The molecule has 2 amide bonds. The van der Waals surface area contributed by atoms with Crippen LogP contribution >= 0.6 is 34.5 Å². The van der Waals surface area contributed by atoms with Crippen molar-refractivity contribution < 1.29 is 9.59 Å². The predicted octanol–water partition coefficient (Wildman–Crippen LogP) is 5.42. The van der Waals surface area contributed by atoms with E-state index in [2.05, 4.69) is 22.7 Å². The van der Waals surface area contributed by atoms with Gasteiger partial charge in [-0.3, -0.25) is 14.3 Å². The molecule has 3 aromatic rings. The van der Waals surface area contributed by atoms with Gasteiger partial charge in [-0.1, -0.05) is 30.1 Å². The maximum Gasteiger partial charge on any atom is 0.274 e. The average molecular weight is 463 g/mol. The van der Waals surface area contributed by atoms with E-state index in [0.29, 0.717) is 37.9 Å². The molecule has 0 saturated heterocycles. The number of carbonyl (C=O) groups is 2. The number of rotatable bonds is 4. The molecule has 0 bridgehead atoms. The van der Waals surface area contributed by atoms with Gasteiger partial charge in [0.15, 0.2) is 0 Å². The molecule has 156 valence electrons. The molecule has 1 atom stereocenters. The Labute approximate surface area is 188 Å². The number of hydrogen-bond donors (Lipinski definition) is 2. The molecule has 0 radical (unpaired) electrons. The fourth-order valence-electron chi connectivity index (χ4n) is 3.62. The van der Waals surface area contributed by atoms with E-state index in [1.165, 1.54) is 16.0 Å². The van der Waals surface area contributed by atoms with Crippen LogP contribution in [0.1, 0.15) is 44.6 Å². The third-order valence-electron chi connectivity index (χ3n) is 5.20. The van der Waals surface area contributed by atoms with Gasteiger partial charge in [-0.05, 0) is 55.0 Å². The second-order valence-corrected chi connectivity index (χ2v) is 9.38. The number of nitrogens with zero attached hydrogens (tertiary/aromatic N) is 2. The number of halogens is 2. The minimum atomic E-state index is -0.313. The van der Waals surface area contributed by atoms with Gasteiger partial charge < -0.3 is 10.6 Å². The molecule has 2 heterocycles. The zero-order chi connectivity index (χ0) is 21.4. The number of thiophene rings is 1. The zero-order valence-corrected chi connectivity index (χ0v) is 18.8. The molecule has 0 saturated carbocycles. The van der Waals surface area contributed by atoms with E-state index in [4.69, 9.17) is 23.2 Å². The molecule has 1 aromatic carbocycles. The first-order valence-electron chi connectivity index (χ1n) is 9.53. The largest absolute Gasteiger partial charge is 0.320 e. The Bertz CT molecular complexity index is 1140. The molecule has 9 heteroatoms. The fourth-order valence-corrected chi connectivity index (χ4v) is 5.36. The Hall–Kier alpha value is -2.35. The van der Waals surface area contributed by atoms with Crippen molar-refractivity contribution in [3.63, 3.8) is 0 Å². The highest BCUT2D eigenvalue weighted by Gasteiger charge is 2.29. The minimum absolute atomic E-state index is 0.309. The summed E-state index contributed by atoms with van der Waals surface area (Å²) in [6.45, 7) is 2.20. The summed E-state index contributed by atoms with van der Waals surface area (Å²) in [5.41, 5.74) is 2.34. The quantitative estimate of drug-likeness (QED) is 0.543. The number of amides is 2. The molecule has 0 unspecified atom stereocenters. The second kappa shape index (κ2) is 8.41. The van der Waals surface area contributed by atoms with Crippen LogP contribution in [-0.4, -0.2) is 21.6 Å². The van der Waals surface area contributed by atoms with Crippen LogP contribution in [0.3, 0.4) is 0 Å².